The highest BCUT2D eigenvalue weighted by molar-refractivity contribution is 7.13. The third-order valence-electron chi connectivity index (χ3n) is 4.03. The summed E-state index contributed by atoms with van der Waals surface area (Å²) in [6, 6.07) is 20.4. The molecule has 0 saturated heterocycles. The molecule has 5 nitrogen and oxygen atoms in total. The lowest BCUT2D eigenvalue weighted by Gasteiger charge is -2.08. The fourth-order valence-electron chi connectivity index (χ4n) is 2.64. The first-order valence-electron chi connectivity index (χ1n) is 8.72. The molecule has 2 aromatic heterocycles. The molecule has 2 aromatic carbocycles. The largest absolute Gasteiger partial charge is 0.487 e. The van der Waals surface area contributed by atoms with Gasteiger partial charge in [-0.3, -0.25) is 9.78 Å². The van der Waals surface area contributed by atoms with E-state index in [0.29, 0.717) is 17.9 Å². The summed E-state index contributed by atoms with van der Waals surface area (Å²) >= 11 is 1.56. The highest BCUT2D eigenvalue weighted by Gasteiger charge is 2.08. The highest BCUT2D eigenvalue weighted by atomic mass is 32.1. The van der Waals surface area contributed by atoms with Crippen molar-refractivity contribution in [3.8, 4) is 16.3 Å². The summed E-state index contributed by atoms with van der Waals surface area (Å²) in [5.74, 6) is 0.514. The van der Waals surface area contributed by atoms with E-state index in [2.05, 4.69) is 15.3 Å². The zero-order valence-electron chi connectivity index (χ0n) is 14.9. The van der Waals surface area contributed by atoms with Gasteiger partial charge in [-0.05, 0) is 48.5 Å². The van der Waals surface area contributed by atoms with Crippen LogP contribution < -0.4 is 10.1 Å². The number of amides is 1. The average molecular weight is 387 g/mol. The number of anilines is 1. The summed E-state index contributed by atoms with van der Waals surface area (Å²) in [6.45, 7) is 0.385. The van der Waals surface area contributed by atoms with Crippen LogP contribution in [0.25, 0.3) is 10.6 Å². The smallest absolute Gasteiger partial charge is 0.255 e. The molecule has 0 unspecified atom stereocenters. The van der Waals surface area contributed by atoms with Crippen LogP contribution in [0.3, 0.4) is 0 Å². The van der Waals surface area contributed by atoms with E-state index in [-0.39, 0.29) is 5.91 Å². The minimum atomic E-state index is -0.174. The number of hydrogen-bond acceptors (Lipinski definition) is 5. The van der Waals surface area contributed by atoms with Crippen LogP contribution in [0.2, 0.25) is 0 Å². The lowest BCUT2D eigenvalue weighted by Crippen LogP contribution is -2.11. The number of nitrogens with zero attached hydrogens (tertiary/aromatic N) is 2. The molecule has 0 aliphatic carbocycles. The minimum absolute atomic E-state index is 0.174. The molecule has 0 aliphatic rings. The van der Waals surface area contributed by atoms with Gasteiger partial charge < -0.3 is 10.1 Å². The number of hydrogen-bond donors (Lipinski definition) is 1. The molecule has 0 atom stereocenters. The number of benzene rings is 2. The Morgan fingerprint density at radius 3 is 2.61 bits per heavy atom. The molecular formula is C22H17N3O2S. The van der Waals surface area contributed by atoms with E-state index in [4.69, 9.17) is 4.74 Å². The van der Waals surface area contributed by atoms with E-state index in [1.165, 1.54) is 0 Å². The van der Waals surface area contributed by atoms with Crippen LogP contribution in [-0.4, -0.2) is 15.9 Å². The van der Waals surface area contributed by atoms with Gasteiger partial charge in [-0.1, -0.05) is 18.2 Å². The molecule has 0 bridgehead atoms. The lowest BCUT2D eigenvalue weighted by atomic mass is 10.1. The standard InChI is InChI=1S/C22H17N3O2S/c26-21(25-18-6-3-4-17(14-18)22-24-12-13-28-22)16-7-9-20(10-8-16)27-15-19-5-1-2-11-23-19/h1-14H,15H2,(H,25,26). The average Bonchev–Trinajstić information content (AvgIpc) is 3.29. The van der Waals surface area contributed by atoms with Crippen molar-refractivity contribution in [2.45, 2.75) is 6.61 Å². The third kappa shape index (κ3) is 4.42. The van der Waals surface area contributed by atoms with Crippen LogP contribution in [0, 0.1) is 0 Å². The quantitative estimate of drug-likeness (QED) is 0.504. The number of nitrogens with one attached hydrogen (secondary N) is 1. The normalized spacial score (nSPS) is 10.4. The van der Waals surface area contributed by atoms with Crippen molar-refractivity contribution < 1.29 is 9.53 Å². The number of aromatic nitrogens is 2. The number of ether oxygens (including phenoxy) is 1. The zero-order chi connectivity index (χ0) is 19.2. The van der Waals surface area contributed by atoms with Gasteiger partial charge in [-0.2, -0.15) is 0 Å². The Hall–Kier alpha value is -3.51. The maximum absolute atomic E-state index is 12.5. The van der Waals surface area contributed by atoms with Crippen molar-refractivity contribution in [2.24, 2.45) is 0 Å². The van der Waals surface area contributed by atoms with Crippen LogP contribution in [0.4, 0.5) is 5.69 Å². The Morgan fingerprint density at radius 1 is 0.964 bits per heavy atom. The van der Waals surface area contributed by atoms with E-state index < -0.39 is 0 Å². The van der Waals surface area contributed by atoms with Crippen LogP contribution in [0.5, 0.6) is 5.75 Å². The van der Waals surface area contributed by atoms with E-state index in [1.54, 1.807) is 48.0 Å². The maximum atomic E-state index is 12.5. The summed E-state index contributed by atoms with van der Waals surface area (Å²) in [6.07, 6.45) is 3.50. The van der Waals surface area contributed by atoms with Gasteiger partial charge in [0.2, 0.25) is 0 Å². The Balaban J connectivity index is 1.39. The second kappa shape index (κ2) is 8.45. The van der Waals surface area contributed by atoms with E-state index in [0.717, 1.165) is 22.0 Å². The predicted octanol–water partition coefficient (Wildman–Crippen LogP) is 5.04. The van der Waals surface area contributed by atoms with E-state index in [1.807, 2.05) is 47.8 Å². The van der Waals surface area contributed by atoms with Gasteiger partial charge in [0, 0.05) is 34.6 Å². The summed E-state index contributed by atoms with van der Waals surface area (Å²) in [7, 11) is 0. The molecular weight excluding hydrogens is 370 g/mol. The van der Waals surface area contributed by atoms with Crippen LogP contribution >= 0.6 is 11.3 Å². The Morgan fingerprint density at radius 2 is 1.86 bits per heavy atom. The molecule has 138 valence electrons. The summed E-state index contributed by atoms with van der Waals surface area (Å²) in [5, 5.41) is 5.78. The van der Waals surface area contributed by atoms with Gasteiger partial charge in [-0.25, -0.2) is 4.98 Å². The molecule has 6 heteroatoms. The number of pyridine rings is 1. The van der Waals surface area contributed by atoms with Crippen molar-refractivity contribution in [1.82, 2.24) is 9.97 Å². The van der Waals surface area contributed by atoms with Crippen molar-refractivity contribution in [3.05, 3.63) is 95.8 Å². The molecule has 0 aliphatic heterocycles. The minimum Gasteiger partial charge on any atom is -0.487 e. The van der Waals surface area contributed by atoms with Gasteiger partial charge in [0.1, 0.15) is 17.4 Å². The Kier molecular flexibility index (Phi) is 5.40. The second-order valence-corrected chi connectivity index (χ2v) is 6.90. The predicted molar refractivity (Wildman–Crippen MR) is 111 cm³/mol. The number of thiazole rings is 1. The lowest BCUT2D eigenvalue weighted by molar-refractivity contribution is 0.102. The first-order chi connectivity index (χ1) is 13.8. The molecule has 4 rings (SSSR count). The number of carbonyl (C=O) groups is 1. The second-order valence-electron chi connectivity index (χ2n) is 6.01. The fourth-order valence-corrected chi connectivity index (χ4v) is 3.28. The number of carbonyl (C=O) groups excluding carboxylic acids is 1. The van der Waals surface area contributed by atoms with E-state index in [9.17, 15) is 4.79 Å². The molecule has 1 N–H and O–H groups in total. The maximum Gasteiger partial charge on any atom is 0.255 e. The van der Waals surface area contributed by atoms with Gasteiger partial charge in [0.15, 0.2) is 0 Å². The molecule has 1 amide bonds. The van der Waals surface area contributed by atoms with Gasteiger partial charge in [-0.15, -0.1) is 11.3 Å². The van der Waals surface area contributed by atoms with Crippen molar-refractivity contribution >= 4 is 22.9 Å². The fraction of sp³-hybridized carbons (Fsp3) is 0.0455. The molecule has 0 saturated carbocycles. The summed E-state index contributed by atoms with van der Waals surface area (Å²) < 4.78 is 5.70. The topological polar surface area (TPSA) is 64.1 Å². The Bertz CT molecular complexity index is 1050. The SMILES string of the molecule is O=C(Nc1cccc(-c2nccs2)c1)c1ccc(OCc2ccccn2)cc1. The molecule has 0 radical (unpaired) electrons. The summed E-state index contributed by atoms with van der Waals surface area (Å²) in [5.41, 5.74) is 3.12. The highest BCUT2D eigenvalue weighted by Crippen LogP contribution is 2.24. The van der Waals surface area contributed by atoms with Crippen molar-refractivity contribution in [3.63, 3.8) is 0 Å². The van der Waals surface area contributed by atoms with Crippen molar-refractivity contribution in [1.29, 1.82) is 0 Å². The van der Waals surface area contributed by atoms with Gasteiger partial charge in [0.05, 0.1) is 5.69 Å². The van der Waals surface area contributed by atoms with Crippen LogP contribution in [0.1, 0.15) is 16.1 Å². The third-order valence-corrected chi connectivity index (χ3v) is 4.85. The first kappa shape index (κ1) is 17.9. The van der Waals surface area contributed by atoms with Crippen molar-refractivity contribution in [2.75, 3.05) is 5.32 Å². The molecule has 4 aromatic rings. The number of rotatable bonds is 6. The zero-order valence-corrected chi connectivity index (χ0v) is 15.7. The van der Waals surface area contributed by atoms with Gasteiger partial charge >= 0.3 is 0 Å². The molecule has 0 spiro atoms. The van der Waals surface area contributed by atoms with Crippen LogP contribution in [0.15, 0.2) is 84.5 Å². The molecule has 28 heavy (non-hydrogen) atoms. The Labute approximate surface area is 166 Å². The first-order valence-corrected chi connectivity index (χ1v) is 9.60. The van der Waals surface area contributed by atoms with Gasteiger partial charge in [0.25, 0.3) is 5.91 Å². The van der Waals surface area contributed by atoms with E-state index >= 15 is 0 Å². The molecule has 0 fully saturated rings. The molecule has 2 heterocycles. The van der Waals surface area contributed by atoms with Crippen LogP contribution in [-0.2, 0) is 6.61 Å². The monoisotopic (exact) mass is 387 g/mol. The summed E-state index contributed by atoms with van der Waals surface area (Å²) in [4.78, 5) is 21.0.